The molecule has 6 nitrogen and oxygen atoms in total. The number of amides is 1. The molecule has 1 saturated heterocycles. The van der Waals surface area contributed by atoms with Gasteiger partial charge in [0.05, 0.1) is 6.10 Å². The SMILES string of the molecule is CC(C)(C)OC(=O)NN1CCC(O)C(N)C1. The van der Waals surface area contributed by atoms with E-state index in [1.165, 1.54) is 0 Å². The quantitative estimate of drug-likeness (QED) is 0.582. The van der Waals surface area contributed by atoms with Crippen molar-refractivity contribution in [2.24, 2.45) is 5.73 Å². The van der Waals surface area contributed by atoms with E-state index in [0.717, 1.165) is 0 Å². The Labute approximate surface area is 95.7 Å². The van der Waals surface area contributed by atoms with Gasteiger partial charge in [-0.3, -0.25) is 5.43 Å². The highest BCUT2D eigenvalue weighted by molar-refractivity contribution is 5.67. The number of hydrazine groups is 1. The second kappa shape index (κ2) is 4.99. The molecule has 1 rings (SSSR count). The summed E-state index contributed by atoms with van der Waals surface area (Å²) in [7, 11) is 0. The number of piperidine rings is 1. The number of hydrogen-bond donors (Lipinski definition) is 3. The molecule has 0 aromatic heterocycles. The van der Waals surface area contributed by atoms with E-state index >= 15 is 0 Å². The Balaban J connectivity index is 2.35. The smallest absolute Gasteiger partial charge is 0.422 e. The number of nitrogens with one attached hydrogen (secondary N) is 1. The van der Waals surface area contributed by atoms with Crippen molar-refractivity contribution in [3.05, 3.63) is 0 Å². The summed E-state index contributed by atoms with van der Waals surface area (Å²) in [5.74, 6) is 0. The van der Waals surface area contributed by atoms with Gasteiger partial charge in [-0.25, -0.2) is 9.80 Å². The second-order valence-corrected chi connectivity index (χ2v) is 5.08. The van der Waals surface area contributed by atoms with Gasteiger partial charge in [-0.1, -0.05) is 0 Å². The van der Waals surface area contributed by atoms with E-state index in [2.05, 4.69) is 5.43 Å². The van der Waals surface area contributed by atoms with Crippen LogP contribution < -0.4 is 11.2 Å². The average molecular weight is 231 g/mol. The summed E-state index contributed by atoms with van der Waals surface area (Å²) in [6.45, 7) is 6.42. The number of nitrogens with zero attached hydrogens (tertiary/aromatic N) is 1. The lowest BCUT2D eigenvalue weighted by atomic mass is 10.1. The molecular formula is C10H21N3O3. The Morgan fingerprint density at radius 1 is 1.56 bits per heavy atom. The molecule has 4 N–H and O–H groups in total. The van der Waals surface area contributed by atoms with Crippen LogP contribution in [-0.2, 0) is 4.74 Å². The predicted molar refractivity (Wildman–Crippen MR) is 59.5 cm³/mol. The van der Waals surface area contributed by atoms with Crippen molar-refractivity contribution in [3.63, 3.8) is 0 Å². The van der Waals surface area contributed by atoms with Crippen molar-refractivity contribution in [1.82, 2.24) is 10.4 Å². The van der Waals surface area contributed by atoms with Crippen LogP contribution in [0.3, 0.4) is 0 Å². The molecule has 0 aliphatic carbocycles. The first-order valence-corrected chi connectivity index (χ1v) is 5.46. The fourth-order valence-corrected chi connectivity index (χ4v) is 1.50. The summed E-state index contributed by atoms with van der Waals surface area (Å²) in [5.41, 5.74) is 7.78. The minimum atomic E-state index is -0.512. The first-order chi connectivity index (χ1) is 7.28. The van der Waals surface area contributed by atoms with E-state index in [1.807, 2.05) is 0 Å². The summed E-state index contributed by atoms with van der Waals surface area (Å²) in [6.07, 6.45) is -0.426. The summed E-state index contributed by atoms with van der Waals surface area (Å²) in [4.78, 5) is 11.4. The van der Waals surface area contributed by atoms with Gasteiger partial charge in [0.25, 0.3) is 0 Å². The molecule has 2 atom stereocenters. The highest BCUT2D eigenvalue weighted by Gasteiger charge is 2.26. The maximum Gasteiger partial charge on any atom is 0.422 e. The van der Waals surface area contributed by atoms with Crippen LogP contribution in [0.25, 0.3) is 0 Å². The molecule has 0 saturated carbocycles. The van der Waals surface area contributed by atoms with E-state index in [1.54, 1.807) is 25.8 Å². The Hall–Kier alpha value is -0.850. The van der Waals surface area contributed by atoms with Crippen LogP contribution in [0.5, 0.6) is 0 Å². The van der Waals surface area contributed by atoms with E-state index < -0.39 is 17.8 Å². The normalized spacial score (nSPS) is 27.6. The number of carbonyl (C=O) groups is 1. The van der Waals surface area contributed by atoms with Crippen LogP contribution in [0.1, 0.15) is 27.2 Å². The third kappa shape index (κ3) is 4.34. The minimum absolute atomic E-state index is 0.330. The fourth-order valence-electron chi connectivity index (χ4n) is 1.50. The standard InChI is InChI=1S/C10H21N3O3/c1-10(2,3)16-9(15)12-13-5-4-8(14)7(11)6-13/h7-8,14H,4-6,11H2,1-3H3,(H,12,15). The van der Waals surface area contributed by atoms with E-state index in [-0.39, 0.29) is 6.04 Å². The molecule has 1 fully saturated rings. The number of hydrogen-bond acceptors (Lipinski definition) is 5. The van der Waals surface area contributed by atoms with Crippen molar-refractivity contribution in [3.8, 4) is 0 Å². The van der Waals surface area contributed by atoms with Crippen molar-refractivity contribution < 1.29 is 14.6 Å². The van der Waals surface area contributed by atoms with E-state index in [9.17, 15) is 9.90 Å². The molecule has 6 heteroatoms. The number of carbonyl (C=O) groups excluding carboxylic acids is 1. The molecule has 2 unspecified atom stereocenters. The van der Waals surface area contributed by atoms with Crippen LogP contribution >= 0.6 is 0 Å². The van der Waals surface area contributed by atoms with Gasteiger partial charge in [0.2, 0.25) is 0 Å². The molecule has 0 radical (unpaired) electrons. The third-order valence-electron chi connectivity index (χ3n) is 2.27. The van der Waals surface area contributed by atoms with Gasteiger partial charge in [0.1, 0.15) is 5.60 Å². The zero-order valence-electron chi connectivity index (χ0n) is 10.1. The van der Waals surface area contributed by atoms with Crippen LogP contribution in [0.2, 0.25) is 0 Å². The first-order valence-electron chi connectivity index (χ1n) is 5.46. The lowest BCUT2D eigenvalue weighted by molar-refractivity contribution is 0.00889. The summed E-state index contributed by atoms with van der Waals surface area (Å²) in [6, 6.07) is -0.330. The molecule has 94 valence electrons. The Morgan fingerprint density at radius 3 is 2.69 bits per heavy atom. The van der Waals surface area contributed by atoms with Crippen LogP contribution in [0, 0.1) is 0 Å². The highest BCUT2D eigenvalue weighted by atomic mass is 16.6. The predicted octanol–water partition coefficient (Wildman–Crippen LogP) is -0.180. The minimum Gasteiger partial charge on any atom is -0.443 e. The zero-order chi connectivity index (χ0) is 12.3. The van der Waals surface area contributed by atoms with Gasteiger partial charge >= 0.3 is 6.09 Å². The lowest BCUT2D eigenvalue weighted by Crippen LogP contribution is -2.57. The van der Waals surface area contributed by atoms with E-state index in [4.69, 9.17) is 10.5 Å². The molecule has 1 heterocycles. The lowest BCUT2D eigenvalue weighted by Gasteiger charge is -2.34. The van der Waals surface area contributed by atoms with Gasteiger partial charge in [-0.2, -0.15) is 0 Å². The number of aliphatic hydroxyl groups is 1. The maximum atomic E-state index is 11.4. The van der Waals surface area contributed by atoms with Crippen molar-refractivity contribution >= 4 is 6.09 Å². The number of ether oxygens (including phenoxy) is 1. The first kappa shape index (κ1) is 13.2. The van der Waals surface area contributed by atoms with Gasteiger partial charge in [-0.15, -0.1) is 0 Å². The summed E-state index contributed by atoms with van der Waals surface area (Å²) >= 11 is 0. The summed E-state index contributed by atoms with van der Waals surface area (Å²) in [5, 5.41) is 11.1. The van der Waals surface area contributed by atoms with Crippen LogP contribution in [-0.4, -0.2) is 47.0 Å². The summed E-state index contributed by atoms with van der Waals surface area (Å²) < 4.78 is 5.11. The zero-order valence-corrected chi connectivity index (χ0v) is 10.1. The van der Waals surface area contributed by atoms with Gasteiger partial charge < -0.3 is 15.6 Å². The number of nitrogens with two attached hydrogens (primary N) is 1. The Kier molecular flexibility index (Phi) is 4.12. The molecule has 0 aromatic carbocycles. The molecule has 0 aromatic rings. The van der Waals surface area contributed by atoms with Crippen LogP contribution in [0.15, 0.2) is 0 Å². The highest BCUT2D eigenvalue weighted by Crippen LogP contribution is 2.09. The Bertz CT molecular complexity index is 252. The number of rotatable bonds is 1. The van der Waals surface area contributed by atoms with Gasteiger partial charge in [0, 0.05) is 19.1 Å². The van der Waals surface area contributed by atoms with Crippen LogP contribution in [0.4, 0.5) is 4.79 Å². The van der Waals surface area contributed by atoms with Gasteiger partial charge in [0.15, 0.2) is 0 Å². The third-order valence-corrected chi connectivity index (χ3v) is 2.27. The molecule has 1 amide bonds. The molecule has 0 spiro atoms. The van der Waals surface area contributed by atoms with Crippen molar-refractivity contribution in [1.29, 1.82) is 0 Å². The molecule has 1 aliphatic heterocycles. The second-order valence-electron chi connectivity index (χ2n) is 5.08. The van der Waals surface area contributed by atoms with Gasteiger partial charge in [-0.05, 0) is 27.2 Å². The molecular weight excluding hydrogens is 210 g/mol. The van der Waals surface area contributed by atoms with Crippen molar-refractivity contribution in [2.75, 3.05) is 13.1 Å². The van der Waals surface area contributed by atoms with Crippen molar-refractivity contribution in [2.45, 2.75) is 44.9 Å². The molecule has 1 aliphatic rings. The largest absolute Gasteiger partial charge is 0.443 e. The maximum absolute atomic E-state index is 11.4. The fraction of sp³-hybridized carbons (Fsp3) is 0.900. The topological polar surface area (TPSA) is 87.8 Å². The molecule has 16 heavy (non-hydrogen) atoms. The average Bonchev–Trinajstić information content (AvgIpc) is 2.08. The Morgan fingerprint density at radius 2 is 2.19 bits per heavy atom. The monoisotopic (exact) mass is 231 g/mol. The number of aliphatic hydroxyl groups excluding tert-OH is 1. The van der Waals surface area contributed by atoms with E-state index in [0.29, 0.717) is 19.5 Å². The molecule has 0 bridgehead atoms.